The van der Waals surface area contributed by atoms with Crippen LogP contribution in [-0.4, -0.2) is 25.8 Å². The zero-order valence-electron chi connectivity index (χ0n) is 11.6. The lowest BCUT2D eigenvalue weighted by Crippen LogP contribution is -2.28. The van der Waals surface area contributed by atoms with Gasteiger partial charge in [0.1, 0.15) is 0 Å². The second-order valence-corrected chi connectivity index (χ2v) is 8.77. The Morgan fingerprint density at radius 1 is 1.16 bits per heavy atom. The molecule has 0 atom stereocenters. The highest BCUT2D eigenvalue weighted by molar-refractivity contribution is 9.10. The molecule has 5 heteroatoms. The van der Waals surface area contributed by atoms with E-state index in [-0.39, 0.29) is 5.41 Å². The summed E-state index contributed by atoms with van der Waals surface area (Å²) in [7, 11) is -3.37. The van der Waals surface area contributed by atoms with Gasteiger partial charge in [0.15, 0.2) is 0 Å². The van der Waals surface area contributed by atoms with E-state index < -0.39 is 10.0 Å². The Morgan fingerprint density at radius 2 is 1.74 bits per heavy atom. The van der Waals surface area contributed by atoms with Gasteiger partial charge in [0.25, 0.3) is 0 Å². The van der Waals surface area contributed by atoms with Crippen LogP contribution in [0.1, 0.15) is 39.2 Å². The van der Waals surface area contributed by atoms with Gasteiger partial charge in [-0.3, -0.25) is 0 Å². The first kappa shape index (κ1) is 15.0. The molecule has 106 valence electrons. The molecule has 19 heavy (non-hydrogen) atoms. The van der Waals surface area contributed by atoms with E-state index in [4.69, 9.17) is 0 Å². The minimum absolute atomic E-state index is 0.0595. The molecule has 0 N–H and O–H groups in total. The van der Waals surface area contributed by atoms with E-state index in [0.717, 1.165) is 18.4 Å². The van der Waals surface area contributed by atoms with Gasteiger partial charge in [-0.2, -0.15) is 4.31 Å². The van der Waals surface area contributed by atoms with E-state index in [1.807, 2.05) is 12.1 Å². The largest absolute Gasteiger partial charge is 0.244 e. The van der Waals surface area contributed by atoms with Gasteiger partial charge in [-0.25, -0.2) is 8.42 Å². The van der Waals surface area contributed by atoms with E-state index >= 15 is 0 Å². The van der Waals surface area contributed by atoms with Crippen LogP contribution in [0.4, 0.5) is 0 Å². The van der Waals surface area contributed by atoms with Gasteiger partial charge in [-0.15, -0.1) is 0 Å². The van der Waals surface area contributed by atoms with Gasteiger partial charge in [0, 0.05) is 17.6 Å². The SMILES string of the molecule is CC(C)(C)c1ccc(Br)c(S(=O)(=O)N2CCCC2)c1. The van der Waals surface area contributed by atoms with Crippen LogP contribution in [0.2, 0.25) is 0 Å². The lowest BCUT2D eigenvalue weighted by molar-refractivity contribution is 0.476. The van der Waals surface area contributed by atoms with E-state index in [1.54, 1.807) is 10.4 Å². The van der Waals surface area contributed by atoms with Crippen molar-refractivity contribution in [2.75, 3.05) is 13.1 Å². The van der Waals surface area contributed by atoms with Crippen LogP contribution in [0.25, 0.3) is 0 Å². The maximum atomic E-state index is 12.6. The minimum atomic E-state index is -3.37. The first-order chi connectivity index (χ1) is 8.73. The molecule has 0 radical (unpaired) electrons. The number of halogens is 1. The van der Waals surface area contributed by atoms with Crippen molar-refractivity contribution in [1.82, 2.24) is 4.31 Å². The molecule has 1 aliphatic heterocycles. The Hall–Kier alpha value is -0.390. The third-order valence-electron chi connectivity index (χ3n) is 3.48. The van der Waals surface area contributed by atoms with Crippen molar-refractivity contribution in [1.29, 1.82) is 0 Å². The summed E-state index contributed by atoms with van der Waals surface area (Å²) in [6.07, 6.45) is 1.91. The molecule has 0 amide bonds. The number of benzene rings is 1. The summed E-state index contributed by atoms with van der Waals surface area (Å²) in [4.78, 5) is 0.391. The first-order valence-electron chi connectivity index (χ1n) is 6.53. The quantitative estimate of drug-likeness (QED) is 0.822. The predicted octanol–water partition coefficient (Wildman–Crippen LogP) is 3.53. The van der Waals surface area contributed by atoms with Crippen LogP contribution in [0.5, 0.6) is 0 Å². The van der Waals surface area contributed by atoms with E-state index in [9.17, 15) is 8.42 Å². The second kappa shape index (κ2) is 5.19. The van der Waals surface area contributed by atoms with Crippen LogP contribution < -0.4 is 0 Å². The predicted molar refractivity (Wildman–Crippen MR) is 80.8 cm³/mol. The topological polar surface area (TPSA) is 37.4 Å². The summed E-state index contributed by atoms with van der Waals surface area (Å²) in [6.45, 7) is 7.52. The molecule has 1 aliphatic rings. The molecule has 0 saturated carbocycles. The van der Waals surface area contributed by atoms with E-state index in [0.29, 0.717) is 22.5 Å². The molecule has 1 saturated heterocycles. The molecule has 0 bridgehead atoms. The van der Waals surface area contributed by atoms with Crippen molar-refractivity contribution in [3.05, 3.63) is 28.2 Å². The third-order valence-corrected chi connectivity index (χ3v) is 6.37. The number of rotatable bonds is 2. The smallest absolute Gasteiger partial charge is 0.207 e. The molecule has 1 heterocycles. The normalized spacial score (nSPS) is 17.9. The van der Waals surface area contributed by atoms with Crippen LogP contribution in [-0.2, 0) is 15.4 Å². The third kappa shape index (κ3) is 3.03. The fraction of sp³-hybridized carbons (Fsp3) is 0.571. The lowest BCUT2D eigenvalue weighted by atomic mass is 9.87. The Kier molecular flexibility index (Phi) is 4.10. The molecule has 0 aromatic heterocycles. The highest BCUT2D eigenvalue weighted by atomic mass is 79.9. The molecular weight excluding hydrogens is 326 g/mol. The van der Waals surface area contributed by atoms with Crippen LogP contribution in [0.3, 0.4) is 0 Å². The first-order valence-corrected chi connectivity index (χ1v) is 8.76. The highest BCUT2D eigenvalue weighted by Gasteiger charge is 2.30. The molecule has 0 spiro atoms. The van der Waals surface area contributed by atoms with Crippen molar-refractivity contribution in [3.63, 3.8) is 0 Å². The van der Waals surface area contributed by atoms with Crippen molar-refractivity contribution >= 4 is 26.0 Å². The van der Waals surface area contributed by atoms with E-state index in [1.165, 1.54) is 0 Å². The van der Waals surface area contributed by atoms with E-state index in [2.05, 4.69) is 36.7 Å². The summed E-state index contributed by atoms with van der Waals surface area (Å²) < 4.78 is 27.5. The minimum Gasteiger partial charge on any atom is -0.207 e. The zero-order valence-corrected chi connectivity index (χ0v) is 14.0. The number of hydrogen-bond donors (Lipinski definition) is 0. The Bertz CT molecular complexity index is 570. The summed E-state index contributed by atoms with van der Waals surface area (Å²) in [6, 6.07) is 5.62. The van der Waals surface area contributed by atoms with Gasteiger partial charge in [-0.1, -0.05) is 26.8 Å². The van der Waals surface area contributed by atoms with Gasteiger partial charge in [0.2, 0.25) is 10.0 Å². The Morgan fingerprint density at radius 3 is 2.26 bits per heavy atom. The molecule has 0 unspecified atom stereocenters. The fourth-order valence-corrected chi connectivity index (χ4v) is 4.70. The average molecular weight is 346 g/mol. The molecular formula is C14H20BrNO2S. The standard InChI is InChI=1S/C14H20BrNO2S/c1-14(2,3)11-6-7-12(15)13(10-11)19(17,18)16-8-4-5-9-16/h6-7,10H,4-5,8-9H2,1-3H3. The van der Waals surface area contributed by atoms with Gasteiger partial charge in [0.05, 0.1) is 4.90 Å². The fourth-order valence-electron chi connectivity index (χ4n) is 2.24. The van der Waals surface area contributed by atoms with Gasteiger partial charge in [-0.05, 0) is 51.9 Å². The maximum Gasteiger partial charge on any atom is 0.244 e. The van der Waals surface area contributed by atoms with Crippen LogP contribution >= 0.6 is 15.9 Å². The average Bonchev–Trinajstić information content (AvgIpc) is 2.81. The number of hydrogen-bond acceptors (Lipinski definition) is 2. The number of nitrogens with zero attached hydrogens (tertiary/aromatic N) is 1. The molecule has 2 rings (SSSR count). The molecule has 1 fully saturated rings. The van der Waals surface area contributed by atoms with Crippen LogP contribution in [0, 0.1) is 0 Å². The van der Waals surface area contributed by atoms with Crippen LogP contribution in [0.15, 0.2) is 27.6 Å². The van der Waals surface area contributed by atoms with Crippen molar-refractivity contribution in [3.8, 4) is 0 Å². The maximum absolute atomic E-state index is 12.6. The van der Waals surface area contributed by atoms with Crippen molar-refractivity contribution in [2.45, 2.75) is 43.9 Å². The summed E-state index contributed by atoms with van der Waals surface area (Å²) in [5, 5.41) is 0. The summed E-state index contributed by atoms with van der Waals surface area (Å²) in [5.74, 6) is 0. The Balaban J connectivity index is 2.49. The number of sulfonamides is 1. The summed E-state index contributed by atoms with van der Waals surface area (Å²) >= 11 is 3.37. The molecule has 3 nitrogen and oxygen atoms in total. The lowest BCUT2D eigenvalue weighted by Gasteiger charge is -2.22. The summed E-state index contributed by atoms with van der Waals surface area (Å²) in [5.41, 5.74) is 0.976. The monoisotopic (exact) mass is 345 g/mol. The zero-order chi connectivity index (χ0) is 14.3. The highest BCUT2D eigenvalue weighted by Crippen LogP contribution is 2.32. The Labute approximate surface area is 124 Å². The van der Waals surface area contributed by atoms with Gasteiger partial charge < -0.3 is 0 Å². The van der Waals surface area contributed by atoms with Crippen molar-refractivity contribution < 1.29 is 8.42 Å². The second-order valence-electron chi connectivity index (χ2n) is 6.01. The molecule has 1 aromatic carbocycles. The van der Waals surface area contributed by atoms with Crippen molar-refractivity contribution in [2.24, 2.45) is 0 Å². The molecule has 0 aliphatic carbocycles. The van der Waals surface area contributed by atoms with Gasteiger partial charge >= 0.3 is 0 Å². The molecule has 1 aromatic rings.